The molecule has 0 atom stereocenters. The molecule has 0 unspecified atom stereocenters. The third kappa shape index (κ3) is 3.83. The van der Waals surface area contributed by atoms with E-state index in [1.54, 1.807) is 0 Å². The first kappa shape index (κ1) is 8.28. The molecule has 0 bridgehead atoms. The summed E-state index contributed by atoms with van der Waals surface area (Å²) in [5, 5.41) is 0. The van der Waals surface area contributed by atoms with Crippen LogP contribution in [0.1, 0.15) is 13.8 Å². The van der Waals surface area contributed by atoms with Crippen molar-refractivity contribution >= 4 is 0 Å². The second kappa shape index (κ2) is 5.42. The van der Waals surface area contributed by atoms with Gasteiger partial charge in [-0.15, -0.1) is 0 Å². The Morgan fingerprint density at radius 2 is 1.67 bits per heavy atom. The molecule has 1 heteroatoms. The van der Waals surface area contributed by atoms with Gasteiger partial charge in [0, 0.05) is 6.54 Å². The Bertz CT molecular complexity index is 91.1. The molecule has 0 aliphatic heterocycles. The Kier molecular flexibility index (Phi) is 4.98. The van der Waals surface area contributed by atoms with Crippen LogP contribution in [0.25, 0.3) is 0 Å². The van der Waals surface area contributed by atoms with Crippen LogP contribution in [0.3, 0.4) is 0 Å². The van der Waals surface area contributed by atoms with Crippen molar-refractivity contribution in [3.8, 4) is 0 Å². The largest absolute Gasteiger partial charge is 0.355 e. The summed E-state index contributed by atoms with van der Waals surface area (Å²) < 4.78 is 0. The Balaban J connectivity index is 3.68. The highest BCUT2D eigenvalue weighted by atomic mass is 15.1. The summed E-state index contributed by atoms with van der Waals surface area (Å²) in [5.74, 6) is 0. The molecular formula is C8H14N. The van der Waals surface area contributed by atoms with Gasteiger partial charge in [-0.25, -0.2) is 0 Å². The summed E-state index contributed by atoms with van der Waals surface area (Å²) in [6.45, 7) is 8.52. The summed E-state index contributed by atoms with van der Waals surface area (Å²) in [7, 11) is 0. The van der Waals surface area contributed by atoms with Crippen LogP contribution in [-0.2, 0) is 0 Å². The highest BCUT2D eigenvalue weighted by Crippen LogP contribution is 1.89. The molecule has 0 saturated carbocycles. The average molecular weight is 124 g/mol. The van der Waals surface area contributed by atoms with E-state index in [0.29, 0.717) is 0 Å². The van der Waals surface area contributed by atoms with Gasteiger partial charge in [0.25, 0.3) is 0 Å². The molecule has 51 valence electrons. The van der Waals surface area contributed by atoms with Gasteiger partial charge in [-0.3, -0.25) is 0 Å². The molecule has 0 fully saturated rings. The molecule has 0 aliphatic carbocycles. The maximum Gasteiger partial charge on any atom is 0.0219 e. The Morgan fingerprint density at radius 3 is 1.89 bits per heavy atom. The van der Waals surface area contributed by atoms with E-state index in [0.717, 1.165) is 6.54 Å². The predicted octanol–water partition coefficient (Wildman–Crippen LogP) is 2.19. The fourth-order valence-electron chi connectivity index (χ4n) is 0.582. The lowest BCUT2D eigenvalue weighted by Crippen LogP contribution is -2.07. The first-order chi connectivity index (χ1) is 4.35. The fraction of sp³-hybridized carbons (Fsp3) is 0.375. The minimum absolute atomic E-state index is 0.786. The van der Waals surface area contributed by atoms with Gasteiger partial charge >= 0.3 is 0 Å². The smallest absolute Gasteiger partial charge is 0.0219 e. The SMILES string of the molecule is [CH2]CN(C=CC)C=CC. The van der Waals surface area contributed by atoms with E-state index in [9.17, 15) is 0 Å². The molecule has 1 radical (unpaired) electrons. The number of nitrogens with zero attached hydrogens (tertiary/aromatic N) is 1. The molecule has 0 aliphatic rings. The van der Waals surface area contributed by atoms with Crippen LogP contribution in [0, 0.1) is 6.92 Å². The summed E-state index contributed by atoms with van der Waals surface area (Å²) in [6.07, 6.45) is 7.97. The molecule has 1 nitrogen and oxygen atoms in total. The lowest BCUT2D eigenvalue weighted by Gasteiger charge is -2.10. The molecule has 0 rings (SSSR count). The number of hydrogen-bond donors (Lipinski definition) is 0. The van der Waals surface area contributed by atoms with Gasteiger partial charge < -0.3 is 4.90 Å². The van der Waals surface area contributed by atoms with E-state index in [1.165, 1.54) is 0 Å². The Labute approximate surface area is 57.7 Å². The third-order valence-corrected chi connectivity index (χ3v) is 0.939. The monoisotopic (exact) mass is 124 g/mol. The maximum atomic E-state index is 3.75. The Hall–Kier alpha value is -0.720. The minimum atomic E-state index is 0.786. The van der Waals surface area contributed by atoms with Gasteiger partial charge in [-0.1, -0.05) is 12.2 Å². The summed E-state index contributed by atoms with van der Waals surface area (Å²) in [4.78, 5) is 2.01. The second-order valence-electron chi connectivity index (χ2n) is 1.70. The van der Waals surface area contributed by atoms with Crippen molar-refractivity contribution in [3.63, 3.8) is 0 Å². The number of hydrogen-bond acceptors (Lipinski definition) is 1. The van der Waals surface area contributed by atoms with Gasteiger partial charge in [0.05, 0.1) is 0 Å². The van der Waals surface area contributed by atoms with Crippen molar-refractivity contribution in [2.45, 2.75) is 13.8 Å². The summed E-state index contributed by atoms with van der Waals surface area (Å²) >= 11 is 0. The topological polar surface area (TPSA) is 3.24 Å². The highest BCUT2D eigenvalue weighted by molar-refractivity contribution is 4.89. The normalized spacial score (nSPS) is 11.4. The van der Waals surface area contributed by atoms with Crippen molar-refractivity contribution in [2.24, 2.45) is 0 Å². The van der Waals surface area contributed by atoms with Crippen LogP contribution < -0.4 is 0 Å². The van der Waals surface area contributed by atoms with Crippen LogP contribution in [0.4, 0.5) is 0 Å². The van der Waals surface area contributed by atoms with Crippen molar-refractivity contribution in [2.75, 3.05) is 6.54 Å². The molecule has 0 saturated heterocycles. The second-order valence-corrected chi connectivity index (χ2v) is 1.70. The minimum Gasteiger partial charge on any atom is -0.355 e. The van der Waals surface area contributed by atoms with Crippen LogP contribution >= 0.6 is 0 Å². The zero-order valence-electron chi connectivity index (χ0n) is 6.17. The van der Waals surface area contributed by atoms with E-state index >= 15 is 0 Å². The molecule has 9 heavy (non-hydrogen) atoms. The summed E-state index contributed by atoms with van der Waals surface area (Å²) in [5.41, 5.74) is 0. The van der Waals surface area contributed by atoms with Crippen LogP contribution in [0.15, 0.2) is 24.6 Å². The van der Waals surface area contributed by atoms with E-state index in [-0.39, 0.29) is 0 Å². The van der Waals surface area contributed by atoms with Crippen LogP contribution in [-0.4, -0.2) is 11.4 Å². The third-order valence-electron chi connectivity index (χ3n) is 0.939. The van der Waals surface area contributed by atoms with Gasteiger partial charge in [-0.2, -0.15) is 0 Å². The molecule has 0 N–H and O–H groups in total. The van der Waals surface area contributed by atoms with E-state index in [2.05, 4.69) is 6.92 Å². The zero-order chi connectivity index (χ0) is 7.11. The number of allylic oxidation sites excluding steroid dienone is 2. The van der Waals surface area contributed by atoms with Crippen molar-refractivity contribution in [3.05, 3.63) is 31.5 Å². The molecule has 0 aromatic carbocycles. The fourth-order valence-corrected chi connectivity index (χ4v) is 0.582. The highest BCUT2D eigenvalue weighted by Gasteiger charge is 1.82. The van der Waals surface area contributed by atoms with E-state index in [1.807, 2.05) is 43.3 Å². The Morgan fingerprint density at radius 1 is 1.22 bits per heavy atom. The van der Waals surface area contributed by atoms with Crippen molar-refractivity contribution in [1.82, 2.24) is 4.90 Å². The quantitative estimate of drug-likeness (QED) is 0.557. The first-order valence-electron chi connectivity index (χ1n) is 3.15. The van der Waals surface area contributed by atoms with Crippen molar-refractivity contribution in [1.29, 1.82) is 0 Å². The molecular weight excluding hydrogens is 110 g/mol. The van der Waals surface area contributed by atoms with Gasteiger partial charge in [0.1, 0.15) is 0 Å². The lowest BCUT2D eigenvalue weighted by atomic mass is 10.5. The molecule has 0 aromatic rings. The lowest BCUT2D eigenvalue weighted by molar-refractivity contribution is 0.562. The van der Waals surface area contributed by atoms with E-state index in [4.69, 9.17) is 0 Å². The van der Waals surface area contributed by atoms with Gasteiger partial charge in [-0.05, 0) is 33.2 Å². The van der Waals surface area contributed by atoms with Crippen LogP contribution in [0.5, 0.6) is 0 Å². The predicted molar refractivity (Wildman–Crippen MR) is 41.7 cm³/mol. The van der Waals surface area contributed by atoms with E-state index < -0.39 is 0 Å². The van der Waals surface area contributed by atoms with Crippen LogP contribution in [0.2, 0.25) is 0 Å². The average Bonchev–Trinajstić information content (AvgIpc) is 1.88. The van der Waals surface area contributed by atoms with Crippen molar-refractivity contribution < 1.29 is 0 Å². The zero-order valence-corrected chi connectivity index (χ0v) is 6.17. The van der Waals surface area contributed by atoms with Gasteiger partial charge in [0.2, 0.25) is 0 Å². The number of rotatable bonds is 3. The maximum absolute atomic E-state index is 3.75. The first-order valence-corrected chi connectivity index (χ1v) is 3.15. The molecule has 0 spiro atoms. The molecule has 0 heterocycles. The molecule has 0 aromatic heterocycles. The summed E-state index contributed by atoms with van der Waals surface area (Å²) in [6, 6.07) is 0. The standard InChI is InChI=1S/C8H14N/c1-4-7-9(6-3)8-5-2/h4-5,7-8H,3,6H2,1-2H3. The van der Waals surface area contributed by atoms with Gasteiger partial charge in [0.15, 0.2) is 0 Å². The molecule has 0 amide bonds.